The smallest absolute Gasteiger partial charge is 0.240 e. The number of benzene rings is 1. The zero-order valence-corrected chi connectivity index (χ0v) is 12.2. The number of likely N-dealkylation sites (N-methyl/N-ethyl adjacent to an activating group) is 1. The van der Waals surface area contributed by atoms with E-state index in [1.807, 2.05) is 19.2 Å². The molecule has 19 heavy (non-hydrogen) atoms. The third kappa shape index (κ3) is 4.03. The first-order valence-electron chi connectivity index (χ1n) is 6.88. The molecule has 1 saturated carbocycles. The Bertz CT molecular complexity index is 491. The van der Waals surface area contributed by atoms with Crippen LogP contribution in [0.2, 0.25) is 0 Å². The Kier molecular flexibility index (Phi) is 4.96. The summed E-state index contributed by atoms with van der Waals surface area (Å²) >= 11 is 0. The van der Waals surface area contributed by atoms with Crippen molar-refractivity contribution >= 4 is 10.0 Å². The van der Waals surface area contributed by atoms with E-state index >= 15 is 0 Å². The van der Waals surface area contributed by atoms with E-state index in [1.165, 1.54) is 0 Å². The first-order chi connectivity index (χ1) is 9.12. The van der Waals surface area contributed by atoms with Crippen molar-refractivity contribution in [2.24, 2.45) is 0 Å². The van der Waals surface area contributed by atoms with Crippen molar-refractivity contribution < 1.29 is 8.42 Å². The van der Waals surface area contributed by atoms with Gasteiger partial charge in [-0.3, -0.25) is 0 Å². The minimum absolute atomic E-state index is 0.119. The maximum Gasteiger partial charge on any atom is 0.240 e. The Labute approximate surface area is 115 Å². The molecule has 1 aliphatic rings. The van der Waals surface area contributed by atoms with Crippen molar-refractivity contribution in [3.8, 4) is 0 Å². The number of hydrogen-bond acceptors (Lipinski definition) is 3. The zero-order valence-electron chi connectivity index (χ0n) is 11.4. The molecule has 0 aromatic heterocycles. The Hall–Kier alpha value is -0.910. The first-order valence-corrected chi connectivity index (χ1v) is 8.36. The molecule has 0 amide bonds. The quantitative estimate of drug-likeness (QED) is 0.834. The monoisotopic (exact) mass is 282 g/mol. The molecule has 5 heteroatoms. The second kappa shape index (κ2) is 6.50. The van der Waals surface area contributed by atoms with Crippen LogP contribution in [0.1, 0.15) is 31.2 Å². The average Bonchev–Trinajstić information content (AvgIpc) is 2.89. The molecule has 2 N–H and O–H groups in total. The summed E-state index contributed by atoms with van der Waals surface area (Å²) in [5, 5.41) is 3.08. The number of hydrogen-bond donors (Lipinski definition) is 2. The second-order valence-electron chi connectivity index (χ2n) is 5.10. The molecular formula is C14H22N2O2S. The molecule has 1 aromatic rings. The van der Waals surface area contributed by atoms with Gasteiger partial charge >= 0.3 is 0 Å². The predicted octanol–water partition coefficient (Wildman–Crippen LogP) is 1.67. The van der Waals surface area contributed by atoms with Crippen molar-refractivity contribution in [3.05, 3.63) is 29.8 Å². The average molecular weight is 282 g/mol. The number of nitrogens with one attached hydrogen (secondary N) is 2. The molecule has 0 saturated heterocycles. The van der Waals surface area contributed by atoms with Crippen LogP contribution in [0.3, 0.4) is 0 Å². The van der Waals surface area contributed by atoms with E-state index < -0.39 is 10.0 Å². The van der Waals surface area contributed by atoms with Gasteiger partial charge in [0.15, 0.2) is 0 Å². The summed E-state index contributed by atoms with van der Waals surface area (Å²) in [6, 6.07) is 7.29. The van der Waals surface area contributed by atoms with Gasteiger partial charge in [-0.15, -0.1) is 0 Å². The summed E-state index contributed by atoms with van der Waals surface area (Å²) in [6.07, 6.45) is 5.07. The van der Waals surface area contributed by atoms with Gasteiger partial charge in [0.05, 0.1) is 4.90 Å². The maximum atomic E-state index is 12.2. The van der Waals surface area contributed by atoms with Crippen LogP contribution in [0.25, 0.3) is 0 Å². The highest BCUT2D eigenvalue weighted by molar-refractivity contribution is 7.89. The molecule has 1 aromatic carbocycles. The highest BCUT2D eigenvalue weighted by Crippen LogP contribution is 2.20. The molecule has 0 bridgehead atoms. The summed E-state index contributed by atoms with van der Waals surface area (Å²) in [5.41, 5.74) is 1.15. The molecule has 0 aliphatic heterocycles. The van der Waals surface area contributed by atoms with E-state index in [9.17, 15) is 8.42 Å². The zero-order chi connectivity index (χ0) is 13.7. The summed E-state index contributed by atoms with van der Waals surface area (Å²) < 4.78 is 27.2. The second-order valence-corrected chi connectivity index (χ2v) is 6.81. The summed E-state index contributed by atoms with van der Waals surface area (Å²) in [6.45, 7) is 0.895. The van der Waals surface area contributed by atoms with Crippen LogP contribution >= 0.6 is 0 Å². The Morgan fingerprint density at radius 2 is 1.79 bits per heavy atom. The van der Waals surface area contributed by atoms with Gasteiger partial charge < -0.3 is 5.32 Å². The van der Waals surface area contributed by atoms with Crippen molar-refractivity contribution in [3.63, 3.8) is 0 Å². The van der Waals surface area contributed by atoms with E-state index in [0.717, 1.165) is 44.2 Å². The van der Waals surface area contributed by atoms with Crippen molar-refractivity contribution in [2.75, 3.05) is 13.6 Å². The van der Waals surface area contributed by atoms with Crippen molar-refractivity contribution in [2.45, 2.75) is 43.0 Å². The Morgan fingerprint density at radius 3 is 2.37 bits per heavy atom. The van der Waals surface area contributed by atoms with Crippen LogP contribution in [-0.2, 0) is 16.4 Å². The van der Waals surface area contributed by atoms with Gasteiger partial charge in [0, 0.05) is 6.04 Å². The van der Waals surface area contributed by atoms with Gasteiger partial charge in [-0.25, -0.2) is 13.1 Å². The topological polar surface area (TPSA) is 58.2 Å². The van der Waals surface area contributed by atoms with Crippen LogP contribution in [0.5, 0.6) is 0 Å². The minimum atomic E-state index is -3.35. The molecule has 2 rings (SSSR count). The molecule has 0 radical (unpaired) electrons. The summed E-state index contributed by atoms with van der Waals surface area (Å²) in [5.74, 6) is 0. The summed E-state index contributed by atoms with van der Waals surface area (Å²) in [4.78, 5) is 0.368. The predicted molar refractivity (Wildman–Crippen MR) is 76.7 cm³/mol. The molecule has 0 spiro atoms. The lowest BCUT2D eigenvalue weighted by Gasteiger charge is -2.12. The lowest BCUT2D eigenvalue weighted by molar-refractivity contribution is 0.552. The van der Waals surface area contributed by atoms with Crippen LogP contribution in [0, 0.1) is 0 Å². The van der Waals surface area contributed by atoms with E-state index in [2.05, 4.69) is 10.0 Å². The fourth-order valence-electron chi connectivity index (χ4n) is 2.44. The van der Waals surface area contributed by atoms with E-state index in [1.54, 1.807) is 12.1 Å². The Morgan fingerprint density at radius 1 is 1.16 bits per heavy atom. The first kappa shape index (κ1) is 14.5. The van der Waals surface area contributed by atoms with Gasteiger partial charge in [-0.2, -0.15) is 0 Å². The lowest BCUT2D eigenvalue weighted by atomic mass is 10.1. The fraction of sp³-hybridized carbons (Fsp3) is 0.571. The maximum absolute atomic E-state index is 12.2. The van der Waals surface area contributed by atoms with Crippen molar-refractivity contribution in [1.29, 1.82) is 0 Å². The van der Waals surface area contributed by atoms with Crippen LogP contribution in [0.15, 0.2) is 29.2 Å². The molecule has 1 fully saturated rings. The van der Waals surface area contributed by atoms with E-state index in [4.69, 9.17) is 0 Å². The van der Waals surface area contributed by atoms with Crippen LogP contribution < -0.4 is 10.0 Å². The minimum Gasteiger partial charge on any atom is -0.319 e. The number of sulfonamides is 1. The standard InChI is InChI=1S/C14H22N2O2S/c1-15-11-10-12-6-8-14(9-7-12)19(17,18)16-13-4-2-3-5-13/h6-9,13,15-16H,2-5,10-11H2,1H3. The highest BCUT2D eigenvalue weighted by Gasteiger charge is 2.22. The highest BCUT2D eigenvalue weighted by atomic mass is 32.2. The molecular weight excluding hydrogens is 260 g/mol. The van der Waals surface area contributed by atoms with Gasteiger partial charge in [0.2, 0.25) is 10.0 Å². The molecule has 0 heterocycles. The largest absolute Gasteiger partial charge is 0.319 e. The van der Waals surface area contributed by atoms with Gasteiger partial charge in [-0.1, -0.05) is 25.0 Å². The van der Waals surface area contributed by atoms with Gasteiger partial charge in [0.1, 0.15) is 0 Å². The van der Waals surface area contributed by atoms with Crippen LogP contribution in [0.4, 0.5) is 0 Å². The normalized spacial score (nSPS) is 16.9. The Balaban J connectivity index is 2.03. The molecule has 0 atom stereocenters. The molecule has 1 aliphatic carbocycles. The van der Waals surface area contributed by atoms with Crippen LogP contribution in [-0.4, -0.2) is 28.1 Å². The lowest BCUT2D eigenvalue weighted by Crippen LogP contribution is -2.32. The summed E-state index contributed by atoms with van der Waals surface area (Å²) in [7, 11) is -1.44. The molecule has 106 valence electrons. The fourth-order valence-corrected chi connectivity index (χ4v) is 3.74. The number of rotatable bonds is 6. The third-order valence-electron chi connectivity index (χ3n) is 3.57. The van der Waals surface area contributed by atoms with E-state index in [0.29, 0.717) is 4.90 Å². The van der Waals surface area contributed by atoms with Gasteiger partial charge in [0.25, 0.3) is 0 Å². The third-order valence-corrected chi connectivity index (χ3v) is 5.11. The SMILES string of the molecule is CNCCc1ccc(S(=O)(=O)NC2CCCC2)cc1. The molecule has 0 unspecified atom stereocenters. The van der Waals surface area contributed by atoms with E-state index in [-0.39, 0.29) is 6.04 Å². The van der Waals surface area contributed by atoms with Crippen molar-refractivity contribution in [1.82, 2.24) is 10.0 Å². The van der Waals surface area contributed by atoms with Gasteiger partial charge in [-0.05, 0) is 50.6 Å². The molecule has 4 nitrogen and oxygen atoms in total.